The second kappa shape index (κ2) is 11.9. The van der Waals surface area contributed by atoms with Gasteiger partial charge in [-0.2, -0.15) is 0 Å². The maximum Gasteiger partial charge on any atom is 0.322 e. The highest BCUT2D eigenvalue weighted by atomic mass is 16.4. The summed E-state index contributed by atoms with van der Waals surface area (Å²) in [4.78, 5) is 72.6. The Morgan fingerprint density at radius 2 is 1.36 bits per heavy atom. The molecule has 9 N–H and O–H groups in total. The van der Waals surface area contributed by atoms with E-state index in [1.165, 1.54) is 25.0 Å². The van der Waals surface area contributed by atoms with Gasteiger partial charge in [0.15, 0.2) is 0 Å². The number of hydrogen-bond donors (Lipinski definition) is 8. The van der Waals surface area contributed by atoms with Crippen LogP contribution >= 0.6 is 0 Å². The first-order valence-electron chi connectivity index (χ1n) is 9.67. The van der Waals surface area contributed by atoms with Crippen LogP contribution in [0.3, 0.4) is 0 Å². The lowest BCUT2D eigenvalue weighted by Crippen LogP contribution is -2.57. The lowest BCUT2D eigenvalue weighted by Gasteiger charge is -2.23. The van der Waals surface area contributed by atoms with Crippen LogP contribution in [-0.2, 0) is 36.8 Å². The van der Waals surface area contributed by atoms with Crippen LogP contribution in [0.4, 0.5) is 0 Å². The van der Waals surface area contributed by atoms with Crippen LogP contribution in [0.5, 0.6) is 0 Å². The molecule has 15 heteroatoms. The van der Waals surface area contributed by atoms with Gasteiger partial charge in [-0.25, -0.2) is 9.97 Å². The van der Waals surface area contributed by atoms with Crippen LogP contribution < -0.4 is 21.7 Å². The van der Waals surface area contributed by atoms with E-state index in [0.29, 0.717) is 11.4 Å². The van der Waals surface area contributed by atoms with Crippen molar-refractivity contribution in [1.82, 2.24) is 35.9 Å². The largest absolute Gasteiger partial charge is 0.481 e. The maximum atomic E-state index is 13.0. The lowest BCUT2D eigenvalue weighted by atomic mass is 10.1. The molecule has 0 saturated carbocycles. The second-order valence-corrected chi connectivity index (χ2v) is 7.00. The van der Waals surface area contributed by atoms with E-state index in [9.17, 15) is 24.0 Å². The molecule has 15 nitrogen and oxygen atoms in total. The highest BCUT2D eigenvalue weighted by Gasteiger charge is 2.29. The molecule has 0 radical (unpaired) electrons. The lowest BCUT2D eigenvalue weighted by molar-refractivity contribution is -0.139. The molecule has 3 atom stereocenters. The number of carbonyl (C=O) groups excluding carboxylic acids is 3. The van der Waals surface area contributed by atoms with Gasteiger partial charge in [-0.15, -0.1) is 0 Å². The fourth-order valence-electron chi connectivity index (χ4n) is 2.77. The fraction of sp³-hybridized carbons (Fsp3) is 0.389. The van der Waals surface area contributed by atoms with Crippen molar-refractivity contribution in [2.75, 3.05) is 6.54 Å². The smallest absolute Gasteiger partial charge is 0.322 e. The molecule has 2 aromatic rings. The molecule has 3 unspecified atom stereocenters. The van der Waals surface area contributed by atoms with E-state index in [2.05, 4.69) is 35.9 Å². The summed E-state index contributed by atoms with van der Waals surface area (Å²) in [6, 6.07) is -3.85. The van der Waals surface area contributed by atoms with Crippen molar-refractivity contribution in [1.29, 1.82) is 0 Å². The number of aromatic amines is 2. The van der Waals surface area contributed by atoms with E-state index >= 15 is 0 Å². The standard InChI is InChI=1S/C18H24N8O7/c19-11(3-14(27)28)16(31)25-13(2-10-5-21-8-24-10)18(33)26-12(1-9-4-20-7-23-9)17(32)22-6-15(29)30/h4-5,7-8,11-13H,1-3,6,19H2,(H,20,23)(H,21,24)(H,22,32)(H,25,31)(H,26,33)(H,27,28)(H,29,30). The third-order valence-corrected chi connectivity index (χ3v) is 4.37. The molecular weight excluding hydrogens is 440 g/mol. The van der Waals surface area contributed by atoms with Gasteiger partial charge in [0.25, 0.3) is 0 Å². The van der Waals surface area contributed by atoms with Crippen molar-refractivity contribution in [3.63, 3.8) is 0 Å². The van der Waals surface area contributed by atoms with Gasteiger partial charge in [0.1, 0.15) is 18.6 Å². The number of carbonyl (C=O) groups is 5. The SMILES string of the molecule is NC(CC(=O)O)C(=O)NC(Cc1cnc[nH]1)C(=O)NC(Cc1cnc[nH]1)C(=O)NCC(=O)O. The van der Waals surface area contributed by atoms with Crippen LogP contribution in [0, 0.1) is 0 Å². The number of amides is 3. The van der Waals surface area contributed by atoms with Crippen LogP contribution in [0.2, 0.25) is 0 Å². The number of aliphatic carboxylic acids is 2. The van der Waals surface area contributed by atoms with Gasteiger partial charge in [-0.3, -0.25) is 24.0 Å². The summed E-state index contributed by atoms with van der Waals surface area (Å²) >= 11 is 0. The molecule has 0 bridgehead atoms. The molecule has 2 rings (SSSR count). The number of carboxylic acid groups (broad SMARTS) is 2. The highest BCUT2D eigenvalue weighted by Crippen LogP contribution is 2.04. The summed E-state index contributed by atoms with van der Waals surface area (Å²) < 4.78 is 0. The monoisotopic (exact) mass is 464 g/mol. The van der Waals surface area contributed by atoms with Crippen LogP contribution in [0.25, 0.3) is 0 Å². The minimum Gasteiger partial charge on any atom is -0.481 e. The van der Waals surface area contributed by atoms with E-state index in [1.807, 2.05) is 0 Å². The molecule has 0 aliphatic carbocycles. The number of nitrogens with zero attached hydrogens (tertiary/aromatic N) is 2. The summed E-state index contributed by atoms with van der Waals surface area (Å²) in [5.74, 6) is -4.99. The van der Waals surface area contributed by atoms with E-state index < -0.39 is 60.8 Å². The summed E-state index contributed by atoms with van der Waals surface area (Å²) in [5, 5.41) is 24.7. The van der Waals surface area contributed by atoms with Gasteiger partial charge in [-0.1, -0.05) is 0 Å². The van der Waals surface area contributed by atoms with E-state index in [4.69, 9.17) is 15.9 Å². The Bertz CT molecular complexity index is 961. The molecule has 3 amide bonds. The average Bonchev–Trinajstić information content (AvgIpc) is 3.44. The Morgan fingerprint density at radius 1 is 0.848 bits per heavy atom. The van der Waals surface area contributed by atoms with Crippen molar-refractivity contribution in [2.45, 2.75) is 37.4 Å². The molecule has 2 aromatic heterocycles. The Morgan fingerprint density at radius 3 is 1.82 bits per heavy atom. The Kier molecular flexibility index (Phi) is 9.05. The van der Waals surface area contributed by atoms with Gasteiger partial charge in [0.05, 0.1) is 25.1 Å². The molecular formula is C18H24N8O7. The zero-order valence-corrected chi connectivity index (χ0v) is 17.3. The van der Waals surface area contributed by atoms with Gasteiger partial charge in [0, 0.05) is 36.6 Å². The number of nitrogens with two attached hydrogens (primary N) is 1. The summed E-state index contributed by atoms with van der Waals surface area (Å²) in [7, 11) is 0. The average molecular weight is 464 g/mol. The van der Waals surface area contributed by atoms with Gasteiger partial charge < -0.3 is 41.9 Å². The van der Waals surface area contributed by atoms with Gasteiger partial charge in [0.2, 0.25) is 17.7 Å². The summed E-state index contributed by atoms with van der Waals surface area (Å²) in [5.41, 5.74) is 6.54. The molecule has 0 spiro atoms. The Balaban J connectivity index is 2.17. The molecule has 178 valence electrons. The minimum atomic E-state index is -1.40. The van der Waals surface area contributed by atoms with Crippen molar-refractivity contribution in [3.05, 3.63) is 36.4 Å². The van der Waals surface area contributed by atoms with E-state index in [0.717, 1.165) is 0 Å². The highest BCUT2D eigenvalue weighted by molar-refractivity contribution is 5.94. The predicted molar refractivity (Wildman–Crippen MR) is 109 cm³/mol. The third-order valence-electron chi connectivity index (χ3n) is 4.37. The quantitative estimate of drug-likeness (QED) is 0.148. The van der Waals surface area contributed by atoms with Crippen molar-refractivity contribution < 1.29 is 34.2 Å². The summed E-state index contributed by atoms with van der Waals surface area (Å²) in [6.07, 6.45) is 4.83. The molecule has 0 aliphatic rings. The first kappa shape index (κ1) is 25.0. The number of carboxylic acids is 2. The van der Waals surface area contributed by atoms with Crippen molar-refractivity contribution >= 4 is 29.7 Å². The number of rotatable bonds is 13. The van der Waals surface area contributed by atoms with Crippen LogP contribution in [0.1, 0.15) is 17.8 Å². The predicted octanol–water partition coefficient (Wildman–Crippen LogP) is -3.11. The zero-order chi connectivity index (χ0) is 24.4. The molecule has 0 aliphatic heterocycles. The number of nitrogens with one attached hydrogen (secondary N) is 5. The van der Waals surface area contributed by atoms with Crippen molar-refractivity contribution in [2.24, 2.45) is 5.73 Å². The van der Waals surface area contributed by atoms with E-state index in [1.54, 1.807) is 0 Å². The zero-order valence-electron chi connectivity index (χ0n) is 17.3. The normalized spacial score (nSPS) is 13.4. The number of aromatic nitrogens is 4. The number of hydrogen-bond acceptors (Lipinski definition) is 8. The van der Waals surface area contributed by atoms with Crippen molar-refractivity contribution in [3.8, 4) is 0 Å². The molecule has 0 fully saturated rings. The van der Waals surface area contributed by atoms with E-state index in [-0.39, 0.29) is 12.8 Å². The molecule has 2 heterocycles. The first-order chi connectivity index (χ1) is 15.7. The fourth-order valence-corrected chi connectivity index (χ4v) is 2.77. The van der Waals surface area contributed by atoms with Crippen LogP contribution in [-0.4, -0.2) is 84.5 Å². The second-order valence-electron chi connectivity index (χ2n) is 7.00. The van der Waals surface area contributed by atoms with Crippen LogP contribution in [0.15, 0.2) is 25.0 Å². The molecule has 0 saturated heterocycles. The maximum absolute atomic E-state index is 13.0. The minimum absolute atomic E-state index is 0.0412. The molecule has 33 heavy (non-hydrogen) atoms. The third kappa shape index (κ3) is 8.41. The Hall–Kier alpha value is -4.27. The topological polar surface area (TPSA) is 245 Å². The Labute approximate surface area is 186 Å². The number of H-pyrrole nitrogens is 2. The molecule has 0 aromatic carbocycles. The summed E-state index contributed by atoms with van der Waals surface area (Å²) in [6.45, 7) is -0.660. The number of imidazole rings is 2. The van der Waals surface area contributed by atoms with Gasteiger partial charge in [-0.05, 0) is 0 Å². The first-order valence-corrected chi connectivity index (χ1v) is 9.67. The van der Waals surface area contributed by atoms with Gasteiger partial charge >= 0.3 is 11.9 Å².